The van der Waals surface area contributed by atoms with E-state index in [4.69, 9.17) is 5.73 Å². The predicted molar refractivity (Wildman–Crippen MR) is 34.8 cm³/mol. The van der Waals surface area contributed by atoms with Gasteiger partial charge in [0.1, 0.15) is 0 Å². The Labute approximate surface area is 60.5 Å². The lowest BCUT2D eigenvalue weighted by Gasteiger charge is -1.82. The van der Waals surface area contributed by atoms with Crippen LogP contribution in [0.25, 0.3) is 11.2 Å². The third kappa shape index (κ3) is 0.794. The van der Waals surface area contributed by atoms with Crippen molar-refractivity contribution < 1.29 is 9.37 Å². The van der Waals surface area contributed by atoms with Crippen molar-refractivity contribution in [3.05, 3.63) is 12.4 Å². The number of aromatic nitrogens is 4. The van der Waals surface area contributed by atoms with Crippen LogP contribution < -0.4 is 10.7 Å². The molecule has 0 bridgehead atoms. The lowest BCUT2D eigenvalue weighted by atomic mass is 10.5. The number of hydrogen-bond acceptors (Lipinski definition) is 3. The van der Waals surface area contributed by atoms with Gasteiger partial charge >= 0.3 is 6.08 Å². The quantitative estimate of drug-likeness (QED) is 0.501. The normalized spacial score (nSPS) is 10.6. The van der Waals surface area contributed by atoms with Gasteiger partial charge in [-0.2, -0.15) is 0 Å². The van der Waals surface area contributed by atoms with Crippen LogP contribution in [0.4, 0.5) is 10.2 Å². The van der Waals surface area contributed by atoms with Crippen molar-refractivity contribution in [1.29, 1.82) is 0 Å². The summed E-state index contributed by atoms with van der Waals surface area (Å²) in [5, 5.41) is 0. The highest BCUT2D eigenvalue weighted by Gasteiger charge is 2.12. The summed E-state index contributed by atoms with van der Waals surface area (Å²) in [6, 6.07) is 0. The first-order valence-corrected chi connectivity index (χ1v) is 2.95. The molecule has 0 atom stereocenters. The maximum absolute atomic E-state index is 12.4. The number of aromatic amines is 2. The second-order valence-electron chi connectivity index (χ2n) is 2.04. The third-order valence-corrected chi connectivity index (χ3v) is 1.34. The van der Waals surface area contributed by atoms with Crippen molar-refractivity contribution in [2.75, 3.05) is 5.73 Å². The van der Waals surface area contributed by atoms with Crippen molar-refractivity contribution >= 4 is 17.0 Å². The minimum absolute atomic E-state index is 0.232. The molecule has 0 aromatic carbocycles. The van der Waals surface area contributed by atoms with E-state index >= 15 is 0 Å². The zero-order chi connectivity index (χ0) is 7.84. The molecule has 0 saturated heterocycles. The van der Waals surface area contributed by atoms with E-state index in [0.717, 1.165) is 0 Å². The highest BCUT2D eigenvalue weighted by molar-refractivity contribution is 5.77. The highest BCUT2D eigenvalue weighted by atomic mass is 19.1. The van der Waals surface area contributed by atoms with Gasteiger partial charge in [-0.3, -0.25) is 4.98 Å². The number of rotatable bonds is 0. The number of H-pyrrole nitrogens is 2. The molecule has 0 radical (unpaired) electrons. The van der Waals surface area contributed by atoms with Gasteiger partial charge in [-0.25, -0.2) is 4.98 Å². The first-order chi connectivity index (χ1) is 5.27. The van der Waals surface area contributed by atoms with E-state index in [1.54, 1.807) is 0 Å². The number of halogens is 1. The van der Waals surface area contributed by atoms with Crippen LogP contribution in [0, 0.1) is 6.08 Å². The molecule has 0 saturated carbocycles. The summed E-state index contributed by atoms with van der Waals surface area (Å²) in [4.78, 5) is 12.2. The molecular weight excluding hydrogens is 149 g/mol. The number of nitrogens with zero attached hydrogens (tertiary/aromatic N) is 2. The number of anilines is 1. The SMILES string of the molecule is Nc1nc[nH+]c2nc(F)[nH]c12. The van der Waals surface area contributed by atoms with Crippen molar-refractivity contribution in [3.8, 4) is 0 Å². The Kier molecular flexibility index (Phi) is 1.03. The van der Waals surface area contributed by atoms with E-state index in [1.165, 1.54) is 6.33 Å². The topological polar surface area (TPSA) is 81.7 Å². The van der Waals surface area contributed by atoms with Crippen LogP contribution in [0.15, 0.2) is 6.33 Å². The molecule has 11 heavy (non-hydrogen) atoms. The van der Waals surface area contributed by atoms with Crippen molar-refractivity contribution in [1.82, 2.24) is 15.0 Å². The fourth-order valence-corrected chi connectivity index (χ4v) is 0.862. The van der Waals surface area contributed by atoms with E-state index in [9.17, 15) is 4.39 Å². The smallest absolute Gasteiger partial charge is 0.362 e. The lowest BCUT2D eigenvalue weighted by molar-refractivity contribution is -0.352. The molecule has 4 N–H and O–H groups in total. The first kappa shape index (κ1) is 6.02. The molecule has 0 spiro atoms. The molecular formula is C5H5FN5+. The Morgan fingerprint density at radius 3 is 3.18 bits per heavy atom. The fraction of sp³-hybridized carbons (Fsp3) is 0. The number of hydrogen-bond donors (Lipinski definition) is 2. The predicted octanol–water partition coefficient (Wildman–Crippen LogP) is -0.507. The number of nitrogens with one attached hydrogen (secondary N) is 2. The Morgan fingerprint density at radius 1 is 1.64 bits per heavy atom. The van der Waals surface area contributed by atoms with E-state index in [2.05, 4.69) is 19.9 Å². The van der Waals surface area contributed by atoms with Gasteiger partial charge in [0.25, 0.3) is 5.65 Å². The Hall–Kier alpha value is -1.72. The summed E-state index contributed by atoms with van der Waals surface area (Å²) in [5.41, 5.74) is 6.16. The monoisotopic (exact) mass is 154 g/mol. The van der Waals surface area contributed by atoms with Gasteiger partial charge in [0.2, 0.25) is 12.1 Å². The van der Waals surface area contributed by atoms with Gasteiger partial charge in [-0.1, -0.05) is 9.97 Å². The van der Waals surface area contributed by atoms with Gasteiger partial charge in [0.05, 0.1) is 0 Å². The van der Waals surface area contributed by atoms with Crippen LogP contribution in [0.1, 0.15) is 0 Å². The average Bonchev–Trinajstić information content (AvgIpc) is 2.31. The first-order valence-electron chi connectivity index (χ1n) is 2.95. The molecule has 0 fully saturated rings. The van der Waals surface area contributed by atoms with E-state index in [0.29, 0.717) is 11.2 Å². The molecule has 0 aliphatic heterocycles. The maximum Gasteiger partial charge on any atom is 0.362 e. The summed E-state index contributed by atoms with van der Waals surface area (Å²) in [6.07, 6.45) is 0.689. The van der Waals surface area contributed by atoms with E-state index in [-0.39, 0.29) is 5.82 Å². The number of imidazole rings is 1. The van der Waals surface area contributed by atoms with Crippen LogP contribution in [0.5, 0.6) is 0 Å². The van der Waals surface area contributed by atoms with Crippen LogP contribution >= 0.6 is 0 Å². The van der Waals surface area contributed by atoms with Gasteiger partial charge in [-0.15, -0.1) is 4.39 Å². The summed E-state index contributed by atoms with van der Waals surface area (Å²) in [5.74, 6) is 0.232. The average molecular weight is 154 g/mol. The molecule has 0 amide bonds. The van der Waals surface area contributed by atoms with Gasteiger partial charge in [0.15, 0.2) is 5.52 Å². The molecule has 0 aliphatic carbocycles. The maximum atomic E-state index is 12.4. The Morgan fingerprint density at radius 2 is 2.45 bits per heavy atom. The minimum atomic E-state index is -0.670. The molecule has 56 valence electrons. The second-order valence-corrected chi connectivity index (χ2v) is 2.04. The van der Waals surface area contributed by atoms with E-state index < -0.39 is 6.08 Å². The highest BCUT2D eigenvalue weighted by Crippen LogP contribution is 2.09. The molecule has 2 aromatic heterocycles. The van der Waals surface area contributed by atoms with Gasteiger partial charge in [0, 0.05) is 0 Å². The Balaban J connectivity index is 2.90. The van der Waals surface area contributed by atoms with Crippen LogP contribution in [0.2, 0.25) is 0 Å². The summed E-state index contributed by atoms with van der Waals surface area (Å²) >= 11 is 0. The van der Waals surface area contributed by atoms with Crippen LogP contribution in [0.3, 0.4) is 0 Å². The summed E-state index contributed by atoms with van der Waals surface area (Å²) in [6.45, 7) is 0. The molecule has 0 aliphatic rings. The lowest BCUT2D eigenvalue weighted by Crippen LogP contribution is -2.06. The molecule has 0 unspecified atom stereocenters. The molecule has 2 aromatic rings. The van der Waals surface area contributed by atoms with Gasteiger partial charge in [-0.05, 0) is 0 Å². The number of nitrogen functional groups attached to an aromatic ring is 1. The molecule has 5 nitrogen and oxygen atoms in total. The fourth-order valence-electron chi connectivity index (χ4n) is 0.862. The Bertz CT molecular complexity index is 395. The zero-order valence-electron chi connectivity index (χ0n) is 5.43. The summed E-state index contributed by atoms with van der Waals surface area (Å²) < 4.78 is 12.4. The zero-order valence-corrected chi connectivity index (χ0v) is 5.43. The molecule has 2 rings (SSSR count). The number of fused-ring (bicyclic) bond motifs is 1. The second kappa shape index (κ2) is 1.88. The van der Waals surface area contributed by atoms with Crippen LogP contribution in [-0.4, -0.2) is 15.0 Å². The molecule has 6 heteroatoms. The standard InChI is InChI=1S/C5H4FN5/c6-5-10-2-3(7)8-1-9-4(2)11-5/h1H,(H3,7,8,9,10,11)/p+1. The van der Waals surface area contributed by atoms with Crippen molar-refractivity contribution in [3.63, 3.8) is 0 Å². The van der Waals surface area contributed by atoms with E-state index in [1.807, 2.05) is 0 Å². The third-order valence-electron chi connectivity index (χ3n) is 1.34. The van der Waals surface area contributed by atoms with Crippen molar-refractivity contribution in [2.24, 2.45) is 0 Å². The van der Waals surface area contributed by atoms with Gasteiger partial charge < -0.3 is 5.73 Å². The minimum Gasteiger partial charge on any atom is -0.368 e. The van der Waals surface area contributed by atoms with Crippen molar-refractivity contribution in [2.45, 2.75) is 0 Å². The molecule has 2 heterocycles. The van der Waals surface area contributed by atoms with Crippen LogP contribution in [-0.2, 0) is 0 Å². The summed E-state index contributed by atoms with van der Waals surface area (Å²) in [7, 11) is 0. The number of nitrogens with two attached hydrogens (primary N) is 1. The largest absolute Gasteiger partial charge is 0.368 e.